The van der Waals surface area contributed by atoms with Gasteiger partial charge < -0.3 is 5.32 Å². The fourth-order valence-electron chi connectivity index (χ4n) is 2.14. The van der Waals surface area contributed by atoms with Crippen LogP contribution in [0.15, 0.2) is 36.5 Å². The Hall–Kier alpha value is -1.68. The minimum absolute atomic E-state index is 0.315. The van der Waals surface area contributed by atoms with E-state index in [1.165, 1.54) is 0 Å². The zero-order valence-corrected chi connectivity index (χ0v) is 11.0. The first kappa shape index (κ1) is 12.8. The number of rotatable bonds is 6. The van der Waals surface area contributed by atoms with Crippen molar-refractivity contribution in [3.05, 3.63) is 42.2 Å². The second-order valence-corrected chi connectivity index (χ2v) is 4.31. The zero-order valence-electron chi connectivity index (χ0n) is 11.0. The Balaban J connectivity index is 2.31. The Morgan fingerprint density at radius 3 is 2.67 bits per heavy atom. The van der Waals surface area contributed by atoms with E-state index < -0.39 is 0 Å². The summed E-state index contributed by atoms with van der Waals surface area (Å²) in [5.41, 5.74) is 2.19. The smallest absolute Gasteiger partial charge is 0.0815 e. The van der Waals surface area contributed by atoms with Crippen LogP contribution in [0.25, 0.3) is 5.69 Å². The lowest BCUT2D eigenvalue weighted by molar-refractivity contribution is 0.485. The minimum atomic E-state index is 0.315. The van der Waals surface area contributed by atoms with Crippen LogP contribution in [0.4, 0.5) is 0 Å². The molecule has 0 aliphatic rings. The third-order valence-corrected chi connectivity index (χ3v) is 2.96. The van der Waals surface area contributed by atoms with Crippen molar-refractivity contribution in [3.63, 3.8) is 0 Å². The average Bonchev–Trinajstić information content (AvgIpc) is 2.88. The molecule has 4 nitrogen and oxygen atoms in total. The van der Waals surface area contributed by atoms with E-state index in [1.807, 2.05) is 41.2 Å². The summed E-state index contributed by atoms with van der Waals surface area (Å²) in [4.78, 5) is 0. The molecule has 96 valence electrons. The molecule has 0 spiro atoms. The van der Waals surface area contributed by atoms with Crippen LogP contribution in [0, 0.1) is 0 Å². The van der Waals surface area contributed by atoms with Crippen LogP contribution in [0.5, 0.6) is 0 Å². The Bertz CT molecular complexity index is 458. The van der Waals surface area contributed by atoms with Crippen LogP contribution in [-0.2, 0) is 0 Å². The molecule has 1 heterocycles. The topological polar surface area (TPSA) is 42.7 Å². The highest BCUT2D eigenvalue weighted by molar-refractivity contribution is 5.32. The molecule has 1 atom stereocenters. The summed E-state index contributed by atoms with van der Waals surface area (Å²) in [5.74, 6) is 0. The number of nitrogens with zero attached hydrogens (tertiary/aromatic N) is 3. The van der Waals surface area contributed by atoms with E-state index in [4.69, 9.17) is 0 Å². The van der Waals surface area contributed by atoms with Crippen molar-refractivity contribution < 1.29 is 0 Å². The quantitative estimate of drug-likeness (QED) is 0.849. The van der Waals surface area contributed by atoms with Gasteiger partial charge in [-0.2, -0.15) is 0 Å². The third kappa shape index (κ3) is 2.76. The van der Waals surface area contributed by atoms with Gasteiger partial charge >= 0.3 is 0 Å². The molecule has 4 heteroatoms. The number of benzene rings is 1. The van der Waals surface area contributed by atoms with Crippen LogP contribution < -0.4 is 5.32 Å². The number of hydrogen-bond donors (Lipinski definition) is 1. The average molecular weight is 244 g/mol. The molecule has 0 aliphatic heterocycles. The Morgan fingerprint density at radius 1 is 1.22 bits per heavy atom. The van der Waals surface area contributed by atoms with Crippen LogP contribution >= 0.6 is 0 Å². The molecule has 1 aromatic heterocycles. The maximum Gasteiger partial charge on any atom is 0.0815 e. The molecular weight excluding hydrogens is 224 g/mol. The summed E-state index contributed by atoms with van der Waals surface area (Å²) < 4.78 is 1.92. The molecule has 0 bridgehead atoms. The molecule has 0 radical (unpaired) electrons. The van der Waals surface area contributed by atoms with Crippen molar-refractivity contribution in [2.45, 2.75) is 32.7 Å². The number of nitrogens with one attached hydrogen (secondary N) is 1. The molecule has 0 fully saturated rings. The van der Waals surface area contributed by atoms with Gasteiger partial charge in [0.25, 0.3) is 0 Å². The Labute approximate surface area is 108 Å². The van der Waals surface area contributed by atoms with Crippen LogP contribution in [0.3, 0.4) is 0 Å². The van der Waals surface area contributed by atoms with Crippen molar-refractivity contribution in [2.24, 2.45) is 0 Å². The van der Waals surface area contributed by atoms with Gasteiger partial charge in [-0.05, 0) is 25.1 Å². The van der Waals surface area contributed by atoms with Gasteiger partial charge in [-0.25, -0.2) is 4.68 Å². The Kier molecular flexibility index (Phi) is 4.47. The van der Waals surface area contributed by atoms with Crippen LogP contribution in [-0.4, -0.2) is 21.5 Å². The molecule has 0 saturated heterocycles. The third-order valence-electron chi connectivity index (χ3n) is 2.96. The molecule has 0 amide bonds. The SMILES string of the molecule is CCCC(NCC)c1cnnn1-c1ccccc1. The number of aromatic nitrogens is 3. The van der Waals surface area contributed by atoms with Gasteiger partial charge in [0.15, 0.2) is 0 Å². The number of hydrogen-bond acceptors (Lipinski definition) is 3. The van der Waals surface area contributed by atoms with Gasteiger partial charge in [-0.1, -0.05) is 43.7 Å². The molecule has 2 rings (SSSR count). The molecule has 1 aromatic carbocycles. The van der Waals surface area contributed by atoms with Gasteiger partial charge in [0.05, 0.1) is 23.6 Å². The molecule has 1 N–H and O–H groups in total. The molecule has 18 heavy (non-hydrogen) atoms. The van der Waals surface area contributed by atoms with E-state index >= 15 is 0 Å². The summed E-state index contributed by atoms with van der Waals surface area (Å²) in [5, 5.41) is 11.8. The van der Waals surface area contributed by atoms with E-state index in [9.17, 15) is 0 Å². The second kappa shape index (κ2) is 6.31. The van der Waals surface area contributed by atoms with Crippen molar-refractivity contribution >= 4 is 0 Å². The monoisotopic (exact) mass is 244 g/mol. The van der Waals surface area contributed by atoms with E-state index in [-0.39, 0.29) is 0 Å². The summed E-state index contributed by atoms with van der Waals surface area (Å²) in [6.07, 6.45) is 4.08. The van der Waals surface area contributed by atoms with E-state index in [1.54, 1.807) is 0 Å². The van der Waals surface area contributed by atoms with E-state index in [0.29, 0.717) is 6.04 Å². The second-order valence-electron chi connectivity index (χ2n) is 4.31. The van der Waals surface area contributed by atoms with Crippen molar-refractivity contribution in [1.29, 1.82) is 0 Å². The predicted octanol–water partition coefficient (Wildman–Crippen LogP) is 2.72. The van der Waals surface area contributed by atoms with Crippen LogP contribution in [0.2, 0.25) is 0 Å². The van der Waals surface area contributed by atoms with Crippen molar-refractivity contribution in [2.75, 3.05) is 6.54 Å². The normalized spacial score (nSPS) is 12.6. The fourth-order valence-corrected chi connectivity index (χ4v) is 2.14. The highest BCUT2D eigenvalue weighted by Gasteiger charge is 2.16. The lowest BCUT2D eigenvalue weighted by Gasteiger charge is -2.17. The minimum Gasteiger partial charge on any atom is -0.309 e. The van der Waals surface area contributed by atoms with Gasteiger partial charge in [-0.15, -0.1) is 5.10 Å². The summed E-state index contributed by atoms with van der Waals surface area (Å²) in [7, 11) is 0. The molecule has 2 aromatic rings. The summed E-state index contributed by atoms with van der Waals surface area (Å²) >= 11 is 0. The highest BCUT2D eigenvalue weighted by Crippen LogP contribution is 2.20. The molecule has 1 unspecified atom stereocenters. The predicted molar refractivity (Wildman–Crippen MR) is 72.7 cm³/mol. The van der Waals surface area contributed by atoms with E-state index in [0.717, 1.165) is 30.8 Å². The van der Waals surface area contributed by atoms with E-state index in [2.05, 4.69) is 29.5 Å². The van der Waals surface area contributed by atoms with Gasteiger partial charge in [-0.3, -0.25) is 0 Å². The summed E-state index contributed by atoms with van der Waals surface area (Å²) in [6.45, 7) is 5.27. The van der Waals surface area contributed by atoms with Gasteiger partial charge in [0, 0.05) is 0 Å². The first-order valence-corrected chi connectivity index (χ1v) is 6.56. The van der Waals surface area contributed by atoms with Gasteiger partial charge in [0.1, 0.15) is 0 Å². The summed E-state index contributed by atoms with van der Waals surface area (Å²) in [6, 6.07) is 10.5. The maximum atomic E-state index is 4.20. The number of para-hydroxylation sites is 1. The molecular formula is C14H20N4. The highest BCUT2D eigenvalue weighted by atomic mass is 15.4. The molecule has 0 saturated carbocycles. The standard InChI is InChI=1S/C14H20N4/c1-3-8-13(15-4-2)14-11-16-17-18(14)12-9-6-5-7-10-12/h5-7,9-11,13,15H,3-4,8H2,1-2H3. The Morgan fingerprint density at radius 2 is 2.00 bits per heavy atom. The first-order valence-electron chi connectivity index (χ1n) is 6.56. The molecule has 0 aliphatic carbocycles. The zero-order chi connectivity index (χ0) is 12.8. The first-order chi connectivity index (χ1) is 8.86. The van der Waals surface area contributed by atoms with Crippen molar-refractivity contribution in [3.8, 4) is 5.69 Å². The lowest BCUT2D eigenvalue weighted by atomic mass is 10.1. The van der Waals surface area contributed by atoms with Gasteiger partial charge in [0.2, 0.25) is 0 Å². The fraction of sp³-hybridized carbons (Fsp3) is 0.429. The maximum absolute atomic E-state index is 4.20. The lowest BCUT2D eigenvalue weighted by Crippen LogP contribution is -2.23. The van der Waals surface area contributed by atoms with Crippen LogP contribution in [0.1, 0.15) is 38.4 Å². The largest absolute Gasteiger partial charge is 0.309 e. The van der Waals surface area contributed by atoms with Crippen molar-refractivity contribution in [1.82, 2.24) is 20.3 Å².